The van der Waals surface area contributed by atoms with Gasteiger partial charge in [0.1, 0.15) is 6.10 Å². The fourth-order valence-corrected chi connectivity index (χ4v) is 4.11. The highest BCUT2D eigenvalue weighted by Crippen LogP contribution is 2.56. The van der Waals surface area contributed by atoms with Gasteiger partial charge in [0.2, 0.25) is 0 Å². The lowest BCUT2D eigenvalue weighted by atomic mass is 9.55. The van der Waals surface area contributed by atoms with E-state index in [1.165, 1.54) is 5.57 Å². The second kappa shape index (κ2) is 3.70. The molecule has 0 aromatic rings. The van der Waals surface area contributed by atoms with E-state index >= 15 is 0 Å². The largest absolute Gasteiger partial charge is 0.458 e. The first kappa shape index (κ1) is 12.0. The molecule has 2 aliphatic carbocycles. The van der Waals surface area contributed by atoms with Crippen molar-refractivity contribution in [3.8, 4) is 0 Å². The van der Waals surface area contributed by atoms with Gasteiger partial charge in [-0.3, -0.25) is 0 Å². The van der Waals surface area contributed by atoms with Gasteiger partial charge in [0.25, 0.3) is 0 Å². The topological polar surface area (TPSA) is 46.5 Å². The predicted molar refractivity (Wildman–Crippen MR) is 67.7 cm³/mol. The summed E-state index contributed by atoms with van der Waals surface area (Å²) in [4.78, 5) is 11.7. The molecule has 3 rings (SSSR count). The van der Waals surface area contributed by atoms with Crippen LogP contribution in [0.1, 0.15) is 33.1 Å². The van der Waals surface area contributed by atoms with Crippen molar-refractivity contribution in [2.24, 2.45) is 17.3 Å². The zero-order valence-electron chi connectivity index (χ0n) is 11.0. The van der Waals surface area contributed by atoms with Crippen LogP contribution in [0.4, 0.5) is 0 Å². The van der Waals surface area contributed by atoms with E-state index in [-0.39, 0.29) is 35.4 Å². The predicted octanol–water partition coefficient (Wildman–Crippen LogP) is 2.21. The molecule has 98 valence electrons. The molecule has 0 aromatic carbocycles. The Kier molecular flexibility index (Phi) is 2.46. The van der Waals surface area contributed by atoms with Crippen molar-refractivity contribution < 1.29 is 14.6 Å². The van der Waals surface area contributed by atoms with Gasteiger partial charge >= 0.3 is 5.97 Å². The maximum Gasteiger partial charge on any atom is 0.334 e. The minimum absolute atomic E-state index is 0.116. The molecule has 3 heteroatoms. The number of carbonyl (C=O) groups excluding carboxylic acids is 1. The number of aliphatic hydroxyl groups excluding tert-OH is 1. The van der Waals surface area contributed by atoms with Crippen LogP contribution >= 0.6 is 0 Å². The zero-order valence-corrected chi connectivity index (χ0v) is 11.0. The van der Waals surface area contributed by atoms with E-state index in [0.717, 1.165) is 12.8 Å². The van der Waals surface area contributed by atoms with E-state index in [9.17, 15) is 9.90 Å². The summed E-state index contributed by atoms with van der Waals surface area (Å²) in [5, 5.41) is 10.3. The molecule has 1 saturated heterocycles. The summed E-state index contributed by atoms with van der Waals surface area (Å²) >= 11 is 0. The van der Waals surface area contributed by atoms with Crippen LogP contribution in [0.5, 0.6) is 0 Å². The highest BCUT2D eigenvalue weighted by Gasteiger charge is 2.57. The third kappa shape index (κ3) is 1.37. The number of rotatable bonds is 0. The van der Waals surface area contributed by atoms with Crippen LogP contribution in [-0.4, -0.2) is 23.3 Å². The Hall–Kier alpha value is -1.09. The molecule has 2 fully saturated rings. The first-order valence-corrected chi connectivity index (χ1v) is 6.69. The summed E-state index contributed by atoms with van der Waals surface area (Å²) in [5.74, 6) is 0.0366. The summed E-state index contributed by atoms with van der Waals surface area (Å²) in [6, 6.07) is 0. The molecule has 18 heavy (non-hydrogen) atoms. The van der Waals surface area contributed by atoms with Gasteiger partial charge in [-0.05, 0) is 26.2 Å². The normalized spacial score (nSPS) is 47.2. The van der Waals surface area contributed by atoms with Gasteiger partial charge in [-0.15, -0.1) is 0 Å². The van der Waals surface area contributed by atoms with Crippen LogP contribution in [0.15, 0.2) is 23.8 Å². The highest BCUT2D eigenvalue weighted by molar-refractivity contribution is 5.91. The number of hydrogen-bond acceptors (Lipinski definition) is 3. The van der Waals surface area contributed by atoms with E-state index in [0.29, 0.717) is 12.0 Å². The van der Waals surface area contributed by atoms with E-state index < -0.39 is 0 Å². The average molecular weight is 248 g/mol. The van der Waals surface area contributed by atoms with E-state index in [1.54, 1.807) is 0 Å². The summed E-state index contributed by atoms with van der Waals surface area (Å²) in [6.07, 6.45) is 4.18. The lowest BCUT2D eigenvalue weighted by molar-refractivity contribution is -0.149. The Labute approximate surface area is 108 Å². The number of fused-ring (bicyclic) bond motifs is 3. The molecule has 1 aliphatic heterocycles. The maximum atomic E-state index is 11.7. The fourth-order valence-electron chi connectivity index (χ4n) is 4.11. The van der Waals surface area contributed by atoms with Crippen molar-refractivity contribution in [2.75, 3.05) is 0 Å². The molecule has 1 unspecified atom stereocenters. The molecule has 0 bridgehead atoms. The smallest absolute Gasteiger partial charge is 0.334 e. The van der Waals surface area contributed by atoms with Crippen molar-refractivity contribution in [2.45, 2.75) is 45.3 Å². The third-order valence-electron chi connectivity index (χ3n) is 5.30. The van der Waals surface area contributed by atoms with Crippen LogP contribution in [0.3, 0.4) is 0 Å². The summed E-state index contributed by atoms with van der Waals surface area (Å²) in [6.45, 7) is 8.09. The van der Waals surface area contributed by atoms with Crippen molar-refractivity contribution in [1.29, 1.82) is 0 Å². The Morgan fingerprint density at radius 1 is 1.56 bits per heavy atom. The van der Waals surface area contributed by atoms with Gasteiger partial charge in [0.05, 0.1) is 6.10 Å². The quantitative estimate of drug-likeness (QED) is 0.406. The molecule has 0 radical (unpaired) electrons. The number of hydrogen-bond donors (Lipinski definition) is 1. The number of carbonyl (C=O) groups is 1. The van der Waals surface area contributed by atoms with Crippen molar-refractivity contribution in [3.63, 3.8) is 0 Å². The van der Waals surface area contributed by atoms with E-state index in [4.69, 9.17) is 4.74 Å². The number of aliphatic hydroxyl groups is 1. The van der Waals surface area contributed by atoms with Gasteiger partial charge in [-0.1, -0.05) is 25.2 Å². The molecule has 0 spiro atoms. The standard InChI is InChI=1S/C15H20O3/c1-8-4-5-11(16)15(3)7-6-10-9(2)14(17)18-13(10)12(8)15/h4,10-13,16H,2,5-7H2,1,3H3/t10-,11+,12?,13-,15-/m0/s1. The van der Waals surface area contributed by atoms with E-state index in [1.807, 2.05) is 0 Å². The second-order valence-corrected chi connectivity index (χ2v) is 6.22. The first-order valence-electron chi connectivity index (χ1n) is 6.69. The van der Waals surface area contributed by atoms with Crippen LogP contribution in [0.25, 0.3) is 0 Å². The van der Waals surface area contributed by atoms with Gasteiger partial charge in [0, 0.05) is 22.8 Å². The third-order valence-corrected chi connectivity index (χ3v) is 5.30. The molecule has 1 heterocycles. The molecule has 0 amide bonds. The van der Waals surface area contributed by atoms with Gasteiger partial charge in [-0.25, -0.2) is 4.79 Å². The van der Waals surface area contributed by atoms with Crippen LogP contribution in [-0.2, 0) is 9.53 Å². The SMILES string of the molecule is C=C1C(=O)O[C@@H]2C3C(C)=CC[C@@H](O)[C@]3(C)CC[C@@H]12. The van der Waals surface area contributed by atoms with Crippen molar-refractivity contribution in [1.82, 2.24) is 0 Å². The Morgan fingerprint density at radius 2 is 2.28 bits per heavy atom. The van der Waals surface area contributed by atoms with Crippen LogP contribution in [0.2, 0.25) is 0 Å². The maximum absolute atomic E-state index is 11.7. The Balaban J connectivity index is 2.03. The van der Waals surface area contributed by atoms with Crippen LogP contribution in [0, 0.1) is 17.3 Å². The molecule has 3 nitrogen and oxygen atoms in total. The fraction of sp³-hybridized carbons (Fsp3) is 0.667. The summed E-state index contributed by atoms with van der Waals surface area (Å²) < 4.78 is 5.54. The van der Waals surface area contributed by atoms with Crippen molar-refractivity contribution >= 4 is 5.97 Å². The minimum atomic E-state index is -0.334. The molecule has 0 aromatic heterocycles. The van der Waals surface area contributed by atoms with E-state index in [2.05, 4.69) is 26.5 Å². The average Bonchev–Trinajstić information content (AvgIpc) is 2.60. The molecule has 1 saturated carbocycles. The monoisotopic (exact) mass is 248 g/mol. The molecule has 5 atom stereocenters. The van der Waals surface area contributed by atoms with Crippen LogP contribution < -0.4 is 0 Å². The molecular formula is C15H20O3. The van der Waals surface area contributed by atoms with Gasteiger partial charge < -0.3 is 9.84 Å². The first-order chi connectivity index (χ1) is 8.45. The number of esters is 1. The van der Waals surface area contributed by atoms with Gasteiger partial charge in [-0.2, -0.15) is 0 Å². The second-order valence-electron chi connectivity index (χ2n) is 6.22. The molecule has 1 N–H and O–H groups in total. The summed E-state index contributed by atoms with van der Waals surface area (Å²) in [5.41, 5.74) is 1.71. The van der Waals surface area contributed by atoms with Gasteiger partial charge in [0.15, 0.2) is 0 Å². The number of ether oxygens (including phenoxy) is 1. The minimum Gasteiger partial charge on any atom is -0.458 e. The molecule has 3 aliphatic rings. The highest BCUT2D eigenvalue weighted by atomic mass is 16.6. The Bertz CT molecular complexity index is 451. The van der Waals surface area contributed by atoms with Crippen molar-refractivity contribution in [3.05, 3.63) is 23.8 Å². The Morgan fingerprint density at radius 3 is 3.00 bits per heavy atom. The lowest BCUT2D eigenvalue weighted by Gasteiger charge is -2.51. The molecular weight excluding hydrogens is 228 g/mol. The lowest BCUT2D eigenvalue weighted by Crippen LogP contribution is -2.52. The summed E-state index contributed by atoms with van der Waals surface area (Å²) in [7, 11) is 0. The zero-order chi connectivity index (χ0) is 13.1.